The zero-order valence-electron chi connectivity index (χ0n) is 7.86. The van der Waals surface area contributed by atoms with Crippen molar-refractivity contribution in [3.63, 3.8) is 0 Å². The fourth-order valence-corrected chi connectivity index (χ4v) is 1.63. The van der Waals surface area contributed by atoms with E-state index in [9.17, 15) is 4.79 Å². The number of amides is 1. The first-order chi connectivity index (χ1) is 6.15. The molecule has 4 nitrogen and oxygen atoms in total. The lowest BCUT2D eigenvalue weighted by atomic mass is 10.1. The van der Waals surface area contributed by atoms with Gasteiger partial charge in [-0.3, -0.25) is 9.69 Å². The molecule has 1 saturated heterocycles. The minimum atomic E-state index is -0.288. The lowest BCUT2D eigenvalue weighted by Crippen LogP contribution is -2.37. The van der Waals surface area contributed by atoms with Crippen molar-refractivity contribution in [1.82, 2.24) is 4.90 Å². The Bertz CT molecular complexity index is 234. The third kappa shape index (κ3) is 2.43. The molecule has 0 spiro atoms. The molecule has 0 aromatic carbocycles. The molecule has 72 valence electrons. The summed E-state index contributed by atoms with van der Waals surface area (Å²) < 4.78 is 0. The van der Waals surface area contributed by atoms with Gasteiger partial charge in [0, 0.05) is 12.5 Å². The van der Waals surface area contributed by atoms with Crippen molar-refractivity contribution in [2.75, 3.05) is 13.1 Å². The SMILES string of the molecule is CC(CN1CCCC1C#N)C(N)=O. The Kier molecular flexibility index (Phi) is 3.26. The third-order valence-corrected chi connectivity index (χ3v) is 2.51. The maximum Gasteiger partial charge on any atom is 0.221 e. The van der Waals surface area contributed by atoms with Gasteiger partial charge >= 0.3 is 0 Å². The van der Waals surface area contributed by atoms with E-state index < -0.39 is 0 Å². The summed E-state index contributed by atoms with van der Waals surface area (Å²) in [6.07, 6.45) is 1.96. The van der Waals surface area contributed by atoms with Gasteiger partial charge in [0.15, 0.2) is 0 Å². The van der Waals surface area contributed by atoms with Crippen molar-refractivity contribution in [2.45, 2.75) is 25.8 Å². The van der Waals surface area contributed by atoms with Crippen molar-refractivity contribution < 1.29 is 4.79 Å². The quantitative estimate of drug-likeness (QED) is 0.671. The van der Waals surface area contributed by atoms with E-state index in [-0.39, 0.29) is 17.9 Å². The topological polar surface area (TPSA) is 70.1 Å². The van der Waals surface area contributed by atoms with Crippen LogP contribution < -0.4 is 5.73 Å². The molecule has 1 fully saturated rings. The highest BCUT2D eigenvalue weighted by molar-refractivity contribution is 5.76. The number of nitrogens with two attached hydrogens (primary N) is 1. The maximum absolute atomic E-state index is 10.8. The fraction of sp³-hybridized carbons (Fsp3) is 0.778. The van der Waals surface area contributed by atoms with Crippen LogP contribution in [0.1, 0.15) is 19.8 Å². The average Bonchev–Trinajstić information content (AvgIpc) is 2.51. The van der Waals surface area contributed by atoms with Gasteiger partial charge in [0.25, 0.3) is 0 Å². The number of carbonyl (C=O) groups excluding carboxylic acids is 1. The Hall–Kier alpha value is -1.08. The lowest BCUT2D eigenvalue weighted by Gasteiger charge is -2.21. The van der Waals surface area contributed by atoms with Gasteiger partial charge in [0.1, 0.15) is 0 Å². The maximum atomic E-state index is 10.8. The summed E-state index contributed by atoms with van der Waals surface area (Å²) in [7, 11) is 0. The second-order valence-corrected chi connectivity index (χ2v) is 3.59. The molecule has 0 bridgehead atoms. The third-order valence-electron chi connectivity index (χ3n) is 2.51. The van der Waals surface area contributed by atoms with E-state index in [1.54, 1.807) is 6.92 Å². The number of nitrogens with zero attached hydrogens (tertiary/aromatic N) is 2. The summed E-state index contributed by atoms with van der Waals surface area (Å²) in [4.78, 5) is 12.8. The first-order valence-electron chi connectivity index (χ1n) is 4.58. The van der Waals surface area contributed by atoms with Crippen LogP contribution in [0.15, 0.2) is 0 Å². The Balaban J connectivity index is 2.45. The van der Waals surface area contributed by atoms with Crippen LogP contribution in [0.5, 0.6) is 0 Å². The van der Waals surface area contributed by atoms with E-state index >= 15 is 0 Å². The number of hydrogen-bond donors (Lipinski definition) is 1. The molecule has 2 unspecified atom stereocenters. The lowest BCUT2D eigenvalue weighted by molar-refractivity contribution is -0.121. The van der Waals surface area contributed by atoms with Crippen LogP contribution in [0.3, 0.4) is 0 Å². The zero-order chi connectivity index (χ0) is 9.84. The minimum Gasteiger partial charge on any atom is -0.369 e. The van der Waals surface area contributed by atoms with Gasteiger partial charge in [-0.05, 0) is 19.4 Å². The highest BCUT2D eigenvalue weighted by Gasteiger charge is 2.26. The van der Waals surface area contributed by atoms with E-state index in [1.807, 2.05) is 4.90 Å². The molecule has 13 heavy (non-hydrogen) atoms. The van der Waals surface area contributed by atoms with E-state index in [1.165, 1.54) is 0 Å². The van der Waals surface area contributed by atoms with Crippen molar-refractivity contribution >= 4 is 5.91 Å². The van der Waals surface area contributed by atoms with Crippen LogP contribution in [0, 0.1) is 17.2 Å². The van der Waals surface area contributed by atoms with Crippen molar-refractivity contribution in [3.05, 3.63) is 0 Å². The molecule has 2 N–H and O–H groups in total. The van der Waals surface area contributed by atoms with Crippen molar-refractivity contribution in [2.24, 2.45) is 11.7 Å². The molecule has 1 amide bonds. The second kappa shape index (κ2) is 4.24. The van der Waals surface area contributed by atoms with Gasteiger partial charge in [-0.2, -0.15) is 5.26 Å². The summed E-state index contributed by atoms with van der Waals surface area (Å²) in [5.41, 5.74) is 5.15. The summed E-state index contributed by atoms with van der Waals surface area (Å²) in [5, 5.41) is 8.78. The van der Waals surface area contributed by atoms with E-state index in [2.05, 4.69) is 6.07 Å². The standard InChI is InChI=1S/C9H15N3O/c1-7(9(11)13)6-12-4-2-3-8(12)5-10/h7-8H,2-4,6H2,1H3,(H2,11,13). The molecule has 1 rings (SSSR count). The predicted molar refractivity (Wildman–Crippen MR) is 48.6 cm³/mol. The first-order valence-corrected chi connectivity index (χ1v) is 4.58. The minimum absolute atomic E-state index is 0.0122. The molecule has 0 radical (unpaired) electrons. The van der Waals surface area contributed by atoms with Gasteiger partial charge in [-0.15, -0.1) is 0 Å². The number of rotatable bonds is 3. The van der Waals surface area contributed by atoms with Gasteiger partial charge < -0.3 is 5.73 Å². The number of primary amides is 1. The van der Waals surface area contributed by atoms with Gasteiger partial charge in [-0.25, -0.2) is 0 Å². The van der Waals surface area contributed by atoms with Crippen molar-refractivity contribution in [3.8, 4) is 6.07 Å². The zero-order valence-corrected chi connectivity index (χ0v) is 7.86. The number of likely N-dealkylation sites (tertiary alicyclic amines) is 1. The van der Waals surface area contributed by atoms with Crippen LogP contribution in [-0.2, 0) is 4.79 Å². The number of nitriles is 1. The normalized spacial score (nSPS) is 25.4. The monoisotopic (exact) mass is 181 g/mol. The van der Waals surface area contributed by atoms with Crippen LogP contribution >= 0.6 is 0 Å². The molecular weight excluding hydrogens is 166 g/mol. The highest BCUT2D eigenvalue weighted by atomic mass is 16.1. The predicted octanol–water partition coefficient (Wildman–Crippen LogP) is 0.0958. The fourth-order valence-electron chi connectivity index (χ4n) is 1.63. The van der Waals surface area contributed by atoms with Crippen LogP contribution in [0.4, 0.5) is 0 Å². The molecule has 1 aliphatic rings. The summed E-state index contributed by atoms with van der Waals surface area (Å²) >= 11 is 0. The summed E-state index contributed by atoms with van der Waals surface area (Å²) in [5.74, 6) is -0.447. The summed E-state index contributed by atoms with van der Waals surface area (Å²) in [6, 6.07) is 2.22. The van der Waals surface area contributed by atoms with E-state index in [0.29, 0.717) is 6.54 Å². The first kappa shape index (κ1) is 10.0. The summed E-state index contributed by atoms with van der Waals surface area (Å²) in [6.45, 7) is 3.33. The van der Waals surface area contributed by atoms with E-state index in [4.69, 9.17) is 11.0 Å². The Labute approximate surface area is 78.3 Å². The Morgan fingerprint density at radius 2 is 2.54 bits per heavy atom. The van der Waals surface area contributed by atoms with Crippen LogP contribution in [-0.4, -0.2) is 29.9 Å². The molecule has 1 heterocycles. The molecule has 2 atom stereocenters. The number of hydrogen-bond acceptors (Lipinski definition) is 3. The van der Waals surface area contributed by atoms with E-state index in [0.717, 1.165) is 19.4 Å². The van der Waals surface area contributed by atoms with Gasteiger partial charge in [0.2, 0.25) is 5.91 Å². The largest absolute Gasteiger partial charge is 0.369 e. The van der Waals surface area contributed by atoms with Crippen LogP contribution in [0.2, 0.25) is 0 Å². The molecule has 4 heteroatoms. The molecule has 0 aromatic rings. The Morgan fingerprint density at radius 3 is 3.08 bits per heavy atom. The number of carbonyl (C=O) groups is 1. The van der Waals surface area contributed by atoms with Gasteiger partial charge in [0.05, 0.1) is 12.1 Å². The smallest absolute Gasteiger partial charge is 0.221 e. The van der Waals surface area contributed by atoms with Gasteiger partial charge in [-0.1, -0.05) is 6.92 Å². The van der Waals surface area contributed by atoms with Crippen molar-refractivity contribution in [1.29, 1.82) is 5.26 Å². The van der Waals surface area contributed by atoms with Crippen LogP contribution in [0.25, 0.3) is 0 Å². The highest BCUT2D eigenvalue weighted by Crippen LogP contribution is 2.17. The molecule has 0 aliphatic carbocycles. The molecule has 1 aliphatic heterocycles. The average molecular weight is 181 g/mol. The Morgan fingerprint density at radius 1 is 1.85 bits per heavy atom. The molecular formula is C9H15N3O. The molecule has 0 aromatic heterocycles. The molecule has 0 saturated carbocycles. The second-order valence-electron chi connectivity index (χ2n) is 3.59.